The number of pyridine rings is 5. The van der Waals surface area contributed by atoms with E-state index in [9.17, 15) is 15.1 Å². The lowest BCUT2D eigenvalue weighted by molar-refractivity contribution is -0.603. The van der Waals surface area contributed by atoms with E-state index in [1.807, 2.05) is 98.6 Å². The minimum atomic E-state index is -1.33. The summed E-state index contributed by atoms with van der Waals surface area (Å²) in [5.41, 5.74) is 2.72. The number of hydrogen-bond acceptors (Lipinski definition) is 13. The van der Waals surface area contributed by atoms with Gasteiger partial charge in [0.2, 0.25) is 0 Å². The molecule has 0 atom stereocenters. The smallest absolute Gasteiger partial charge is 0.355 e. The van der Waals surface area contributed by atoms with E-state index in [1.54, 1.807) is 102 Å². The largest absolute Gasteiger partial charge is 0.619 e. The summed E-state index contributed by atoms with van der Waals surface area (Å²) in [4.78, 5) is 26.7. The van der Waals surface area contributed by atoms with Crippen LogP contribution in [0.15, 0.2) is 171 Å². The number of rotatable bonds is 5. The summed E-state index contributed by atoms with van der Waals surface area (Å²) in [6.45, 7) is 6.06. The molecule has 0 aliphatic heterocycles. The first kappa shape index (κ1) is 57.9. The van der Waals surface area contributed by atoms with Gasteiger partial charge in [-0.2, -0.15) is 9.99 Å². The molecule has 0 radical (unpaired) electrons. The van der Waals surface area contributed by atoms with Gasteiger partial charge in [-0.15, -0.1) is 0 Å². The lowest BCUT2D eigenvalue weighted by atomic mass is 10.1. The Labute approximate surface area is 426 Å². The van der Waals surface area contributed by atoms with Crippen LogP contribution < -0.4 is 23.7 Å². The zero-order valence-electron chi connectivity index (χ0n) is 40.1. The molecule has 10 rings (SSSR count). The molecule has 374 valence electrons. The summed E-state index contributed by atoms with van der Waals surface area (Å²) in [5, 5.41) is 55.3. The second-order valence-electron chi connectivity index (χ2n) is 15.9. The Morgan fingerprint density at radius 2 is 0.986 bits per heavy atom. The highest BCUT2D eigenvalue weighted by molar-refractivity contribution is 6.83. The second-order valence-corrected chi connectivity index (χ2v) is 20.6. The van der Waals surface area contributed by atoms with Crippen LogP contribution in [0.4, 0.5) is 0 Å². The van der Waals surface area contributed by atoms with Crippen LogP contribution in [0, 0.1) is 27.5 Å². The third kappa shape index (κ3) is 15.8. The maximum Gasteiger partial charge on any atom is 0.355 e. The average Bonchev–Trinajstić information content (AvgIpc) is 3.40. The van der Waals surface area contributed by atoms with Gasteiger partial charge in [-0.1, -0.05) is 89.1 Å². The molecule has 5 aromatic heterocycles. The van der Waals surface area contributed by atoms with Gasteiger partial charge in [-0.3, -0.25) is 9.97 Å². The zero-order valence-corrected chi connectivity index (χ0v) is 41.1. The molecular weight excluding hydrogens is 939 g/mol. The van der Waals surface area contributed by atoms with Crippen LogP contribution >= 0.6 is 0 Å². The van der Waals surface area contributed by atoms with Gasteiger partial charge in [0.25, 0.3) is 0 Å². The number of methoxy groups -OCH3 is 4. The first-order valence-electron chi connectivity index (χ1n) is 21.7. The van der Waals surface area contributed by atoms with E-state index in [0.29, 0.717) is 22.6 Å². The third-order valence-electron chi connectivity index (χ3n) is 10.1. The standard InChI is InChI=1S/C11H8N2O.C11H9NO3.C10H9NO2.C10H9NO.C9H7NO.C4H9NSi.2CH4/c1-14-11-4-2-3-8-9(11)5-6-13-10(8)7-12;1-15-9-4-2-3-8-7(9)5-6-12-10(8)11(13)14;1-13-10-4-2-3-8-7-11(12)6-5-9(8)10;1-12-10-4-2-3-8-7-11-6-5-9(8)10;11-9-3-1-2-7-6-10-5-4-8(7)9;1-6(2,3)4-5;;/h2-6H,1H3;2-6H,1H3,(H,13,14);2-7H,1H3;2-7H,1H3;1-6,11H;1-3H3;2*1H4. The van der Waals surface area contributed by atoms with Crippen molar-refractivity contribution in [3.05, 3.63) is 187 Å². The second kappa shape index (κ2) is 28.3. The Balaban J connectivity index is 0.000000233. The fourth-order valence-corrected chi connectivity index (χ4v) is 6.71. The minimum Gasteiger partial charge on any atom is -0.619 e. The van der Waals surface area contributed by atoms with Crippen LogP contribution in [0.3, 0.4) is 0 Å². The van der Waals surface area contributed by atoms with Gasteiger partial charge >= 0.3 is 5.97 Å². The van der Waals surface area contributed by atoms with E-state index < -0.39 is 14.0 Å². The lowest BCUT2D eigenvalue weighted by Crippen LogP contribution is -2.23. The molecule has 0 saturated carbocycles. The Kier molecular flexibility index (Phi) is 22.5. The summed E-state index contributed by atoms with van der Waals surface area (Å²) < 4.78 is 21.5. The van der Waals surface area contributed by atoms with Gasteiger partial charge in [0.15, 0.2) is 26.2 Å². The normalized spacial score (nSPS) is 9.82. The van der Waals surface area contributed by atoms with Crippen molar-refractivity contribution in [1.29, 1.82) is 10.5 Å². The van der Waals surface area contributed by atoms with Gasteiger partial charge < -0.3 is 34.4 Å². The van der Waals surface area contributed by atoms with Crippen molar-refractivity contribution >= 4 is 67.9 Å². The van der Waals surface area contributed by atoms with E-state index in [-0.39, 0.29) is 20.5 Å². The summed E-state index contributed by atoms with van der Waals surface area (Å²) in [5.74, 6) is 2.38. The maximum absolute atomic E-state index is 11.0. The molecule has 0 amide bonds. The van der Waals surface area contributed by atoms with Gasteiger partial charge in [-0.05, 0) is 60.7 Å². The van der Waals surface area contributed by atoms with Crippen molar-refractivity contribution in [3.8, 4) is 40.5 Å². The molecule has 0 saturated heterocycles. The zero-order chi connectivity index (χ0) is 51.3. The van der Waals surface area contributed by atoms with Crippen molar-refractivity contribution in [2.24, 2.45) is 0 Å². The molecule has 0 unspecified atom stereocenters. The number of carboxylic acids is 1. The van der Waals surface area contributed by atoms with Crippen LogP contribution in [0.2, 0.25) is 19.6 Å². The molecule has 0 aliphatic carbocycles. The van der Waals surface area contributed by atoms with Crippen LogP contribution in [-0.2, 0) is 0 Å². The number of ether oxygens (including phenoxy) is 4. The van der Waals surface area contributed by atoms with E-state index >= 15 is 0 Å². The van der Waals surface area contributed by atoms with Gasteiger partial charge in [-0.25, -0.2) is 20.0 Å². The molecule has 73 heavy (non-hydrogen) atoms. The van der Waals surface area contributed by atoms with Crippen LogP contribution in [0.1, 0.15) is 31.0 Å². The van der Waals surface area contributed by atoms with Crippen LogP contribution in [-0.4, -0.2) is 72.6 Å². The molecule has 0 fully saturated rings. The highest BCUT2D eigenvalue weighted by Gasteiger charge is 2.12. The molecule has 15 nitrogen and oxygen atoms in total. The number of carboxylic acid groups (broad SMARTS) is 1. The lowest BCUT2D eigenvalue weighted by Gasteiger charge is -2.05. The maximum atomic E-state index is 11.0. The molecule has 5 heterocycles. The van der Waals surface area contributed by atoms with E-state index in [1.165, 1.54) is 18.6 Å². The number of aromatic nitrogens is 5. The van der Waals surface area contributed by atoms with Crippen molar-refractivity contribution in [2.75, 3.05) is 28.4 Å². The van der Waals surface area contributed by atoms with Crippen molar-refractivity contribution in [3.63, 3.8) is 0 Å². The fraction of sp³-hybridized carbons (Fsp3) is 0.158. The molecule has 0 spiro atoms. The predicted molar refractivity (Wildman–Crippen MR) is 292 cm³/mol. The highest BCUT2D eigenvalue weighted by atomic mass is 28.3. The minimum absolute atomic E-state index is 0. The fourth-order valence-electron chi connectivity index (χ4n) is 6.71. The average molecular weight is 998 g/mol. The van der Waals surface area contributed by atoms with Crippen LogP contribution in [0.5, 0.6) is 28.7 Å². The Bertz CT molecular complexity index is 3470. The van der Waals surface area contributed by atoms with Gasteiger partial charge in [0.05, 0.1) is 33.8 Å². The SMILES string of the molecule is C.C.COc1cccc2c(C#N)nccc12.COc1cccc2c(C(=O)O)nccc12.COc1cccc2c[n+]([O-])ccc12.COc1cccc2cnccc12.C[Si](C)(C)C#N.Oc1cccc2cnccc12. The number of fused-ring (bicyclic) bond motifs is 5. The predicted octanol–water partition coefficient (Wildman–Crippen LogP) is 12.4. The quantitative estimate of drug-likeness (QED) is 0.0930. The van der Waals surface area contributed by atoms with E-state index in [2.05, 4.69) is 31.7 Å². The summed E-state index contributed by atoms with van der Waals surface area (Å²) in [7, 11) is 5.13. The first-order valence-corrected chi connectivity index (χ1v) is 25.2. The third-order valence-corrected chi connectivity index (χ3v) is 10.8. The number of phenolic OH excluding ortho intramolecular Hbond substituents is 1. The number of benzene rings is 5. The number of nitriles is 2. The molecule has 0 aliphatic rings. The number of carbonyl (C=O) groups is 1. The van der Waals surface area contributed by atoms with E-state index in [4.69, 9.17) is 34.6 Å². The Morgan fingerprint density at radius 3 is 1.49 bits per heavy atom. The van der Waals surface area contributed by atoms with Crippen LogP contribution in [0.25, 0.3) is 53.9 Å². The summed E-state index contributed by atoms with van der Waals surface area (Å²) in [6.07, 6.45) is 13.1. The van der Waals surface area contributed by atoms with E-state index in [0.717, 1.165) is 70.5 Å². The Hall–Kier alpha value is -9.38. The molecule has 16 heteroatoms. The van der Waals surface area contributed by atoms with Crippen molar-refractivity contribution < 1.29 is 38.7 Å². The summed E-state index contributed by atoms with van der Waals surface area (Å²) in [6, 6.07) is 38.9. The molecule has 2 N–H and O–H groups in total. The topological polar surface area (TPSA) is 221 Å². The molecule has 10 aromatic rings. The van der Waals surface area contributed by atoms with Crippen molar-refractivity contribution in [1.82, 2.24) is 19.9 Å². The molecular formula is C57H59N7O8Si. The number of hydrogen-bond donors (Lipinski definition) is 2. The van der Waals surface area contributed by atoms with Crippen molar-refractivity contribution in [2.45, 2.75) is 34.5 Å². The Morgan fingerprint density at radius 1 is 0.562 bits per heavy atom. The number of phenols is 1. The molecule has 5 aromatic carbocycles. The summed E-state index contributed by atoms with van der Waals surface area (Å²) >= 11 is 0. The number of aromatic carboxylic acids is 1. The highest BCUT2D eigenvalue weighted by Crippen LogP contribution is 2.28. The number of aromatic hydroxyl groups is 1. The monoisotopic (exact) mass is 997 g/mol. The molecule has 0 bridgehead atoms. The number of nitrogens with zero attached hydrogens (tertiary/aromatic N) is 7. The van der Waals surface area contributed by atoms with Gasteiger partial charge in [0, 0.05) is 97.4 Å². The first-order chi connectivity index (χ1) is 34.3. The van der Waals surface area contributed by atoms with Gasteiger partial charge in [0.1, 0.15) is 40.5 Å².